The Labute approximate surface area is 125 Å². The molecule has 1 aromatic carbocycles. The Morgan fingerprint density at radius 2 is 1.90 bits per heavy atom. The van der Waals surface area contributed by atoms with E-state index in [0.29, 0.717) is 18.1 Å². The van der Waals surface area contributed by atoms with Crippen LogP contribution in [0.25, 0.3) is 11.3 Å². The van der Waals surface area contributed by atoms with Gasteiger partial charge in [-0.05, 0) is 23.8 Å². The third-order valence-electron chi connectivity index (χ3n) is 3.22. The molecular formula is C16H21N3O2. The minimum atomic E-state index is 0.644. The van der Waals surface area contributed by atoms with Crippen molar-refractivity contribution < 1.29 is 9.47 Å². The highest BCUT2D eigenvalue weighted by Crippen LogP contribution is 2.33. The van der Waals surface area contributed by atoms with Crippen LogP contribution in [-0.4, -0.2) is 29.1 Å². The number of rotatable bonds is 8. The third kappa shape index (κ3) is 4.15. The summed E-state index contributed by atoms with van der Waals surface area (Å²) < 4.78 is 11.2. The van der Waals surface area contributed by atoms with Crippen LogP contribution < -0.4 is 9.47 Å². The van der Waals surface area contributed by atoms with Crippen LogP contribution in [0, 0.1) is 0 Å². The van der Waals surface area contributed by atoms with Crippen LogP contribution in [0.4, 0.5) is 0 Å². The molecule has 0 N–H and O–H groups in total. The molecule has 0 radical (unpaired) electrons. The molecule has 0 aliphatic carbocycles. The molecule has 0 unspecified atom stereocenters. The van der Waals surface area contributed by atoms with Gasteiger partial charge in [0.1, 0.15) is 11.4 Å². The van der Waals surface area contributed by atoms with E-state index in [1.807, 2.05) is 24.3 Å². The number of hydrogen-bond acceptors (Lipinski definition) is 5. The van der Waals surface area contributed by atoms with E-state index in [4.69, 9.17) is 9.47 Å². The summed E-state index contributed by atoms with van der Waals surface area (Å²) in [5.74, 6) is 1.39. The minimum Gasteiger partial charge on any atom is -0.496 e. The van der Waals surface area contributed by atoms with Crippen LogP contribution in [0.1, 0.15) is 32.6 Å². The average molecular weight is 287 g/mol. The van der Waals surface area contributed by atoms with Gasteiger partial charge in [-0.15, -0.1) is 10.2 Å². The number of para-hydroxylation sites is 1. The van der Waals surface area contributed by atoms with Crippen LogP contribution in [0.3, 0.4) is 0 Å². The molecule has 0 amide bonds. The standard InChI is InChI=1S/C16H21N3O2/c1-3-4-5-8-11-21-15-12-17-19-18-16(15)13-9-6-7-10-14(13)20-2/h6-7,9-10,12H,3-5,8,11H2,1-2H3. The second-order valence-electron chi connectivity index (χ2n) is 4.76. The Balaban J connectivity index is 2.13. The van der Waals surface area contributed by atoms with Crippen molar-refractivity contribution in [1.82, 2.24) is 15.4 Å². The first-order valence-electron chi connectivity index (χ1n) is 7.31. The van der Waals surface area contributed by atoms with Crippen molar-refractivity contribution in [2.24, 2.45) is 0 Å². The van der Waals surface area contributed by atoms with Crippen molar-refractivity contribution in [1.29, 1.82) is 0 Å². The van der Waals surface area contributed by atoms with Gasteiger partial charge in [-0.25, -0.2) is 0 Å². The number of aromatic nitrogens is 3. The molecule has 1 heterocycles. The van der Waals surface area contributed by atoms with Gasteiger partial charge in [0, 0.05) is 5.56 Å². The lowest BCUT2D eigenvalue weighted by Gasteiger charge is -2.11. The molecule has 0 fully saturated rings. The fourth-order valence-corrected chi connectivity index (χ4v) is 2.10. The molecule has 2 aromatic rings. The molecule has 0 saturated carbocycles. The van der Waals surface area contributed by atoms with E-state index in [2.05, 4.69) is 22.3 Å². The zero-order valence-electron chi connectivity index (χ0n) is 12.6. The van der Waals surface area contributed by atoms with E-state index in [9.17, 15) is 0 Å². The van der Waals surface area contributed by atoms with Gasteiger partial charge in [0.25, 0.3) is 0 Å². The van der Waals surface area contributed by atoms with Gasteiger partial charge in [-0.1, -0.05) is 38.3 Å². The van der Waals surface area contributed by atoms with Crippen molar-refractivity contribution in [3.05, 3.63) is 30.5 Å². The van der Waals surface area contributed by atoms with Crippen LogP contribution >= 0.6 is 0 Å². The second kappa shape index (κ2) is 8.19. The first-order valence-corrected chi connectivity index (χ1v) is 7.31. The maximum Gasteiger partial charge on any atom is 0.167 e. The van der Waals surface area contributed by atoms with Crippen molar-refractivity contribution >= 4 is 0 Å². The van der Waals surface area contributed by atoms with Crippen LogP contribution in [0.15, 0.2) is 30.5 Å². The van der Waals surface area contributed by atoms with E-state index < -0.39 is 0 Å². The first kappa shape index (κ1) is 15.2. The summed E-state index contributed by atoms with van der Waals surface area (Å²) in [6.45, 7) is 2.85. The molecule has 0 saturated heterocycles. The summed E-state index contributed by atoms with van der Waals surface area (Å²) in [5, 5.41) is 11.6. The second-order valence-corrected chi connectivity index (χ2v) is 4.76. The van der Waals surface area contributed by atoms with Crippen LogP contribution in [0.5, 0.6) is 11.5 Å². The van der Waals surface area contributed by atoms with E-state index in [1.165, 1.54) is 19.3 Å². The molecule has 21 heavy (non-hydrogen) atoms. The van der Waals surface area contributed by atoms with Gasteiger partial charge in [0.05, 0.1) is 19.9 Å². The molecule has 2 rings (SSSR count). The molecule has 0 spiro atoms. The van der Waals surface area contributed by atoms with Crippen LogP contribution in [-0.2, 0) is 0 Å². The number of ether oxygens (including phenoxy) is 2. The maximum atomic E-state index is 5.82. The summed E-state index contributed by atoms with van der Waals surface area (Å²) in [5.41, 5.74) is 1.52. The van der Waals surface area contributed by atoms with Crippen LogP contribution in [0.2, 0.25) is 0 Å². The van der Waals surface area contributed by atoms with E-state index in [-0.39, 0.29) is 0 Å². The molecular weight excluding hydrogens is 266 g/mol. The Morgan fingerprint density at radius 3 is 2.71 bits per heavy atom. The van der Waals surface area contributed by atoms with Gasteiger partial charge in [-0.2, -0.15) is 0 Å². The lowest BCUT2D eigenvalue weighted by molar-refractivity contribution is 0.302. The smallest absolute Gasteiger partial charge is 0.167 e. The van der Waals surface area contributed by atoms with Crippen molar-refractivity contribution in [3.8, 4) is 22.8 Å². The molecule has 0 aliphatic heterocycles. The monoisotopic (exact) mass is 287 g/mol. The number of methoxy groups -OCH3 is 1. The molecule has 0 bridgehead atoms. The number of nitrogens with zero attached hydrogens (tertiary/aromatic N) is 3. The summed E-state index contributed by atoms with van der Waals surface area (Å²) in [6.07, 6.45) is 6.25. The predicted molar refractivity (Wildman–Crippen MR) is 81.5 cm³/mol. The van der Waals surface area contributed by atoms with Gasteiger partial charge >= 0.3 is 0 Å². The molecule has 5 nitrogen and oxygen atoms in total. The van der Waals surface area contributed by atoms with Gasteiger partial charge in [-0.3, -0.25) is 0 Å². The molecule has 0 atom stereocenters. The number of hydrogen-bond donors (Lipinski definition) is 0. The van der Waals surface area contributed by atoms with Crippen molar-refractivity contribution in [3.63, 3.8) is 0 Å². The third-order valence-corrected chi connectivity index (χ3v) is 3.22. The predicted octanol–water partition coefficient (Wildman–Crippen LogP) is 3.51. The topological polar surface area (TPSA) is 57.1 Å². The SMILES string of the molecule is CCCCCCOc1cnnnc1-c1ccccc1OC. The summed E-state index contributed by atoms with van der Waals surface area (Å²) in [7, 11) is 1.64. The normalized spacial score (nSPS) is 10.4. The Hall–Kier alpha value is -2.17. The first-order chi connectivity index (χ1) is 10.4. The number of benzene rings is 1. The largest absolute Gasteiger partial charge is 0.496 e. The van der Waals surface area contributed by atoms with Gasteiger partial charge in [0.15, 0.2) is 5.75 Å². The molecule has 5 heteroatoms. The number of unbranched alkanes of at least 4 members (excludes halogenated alkanes) is 3. The Kier molecular flexibility index (Phi) is 5.94. The highest BCUT2D eigenvalue weighted by molar-refractivity contribution is 5.71. The molecule has 0 aliphatic rings. The highest BCUT2D eigenvalue weighted by atomic mass is 16.5. The lowest BCUT2D eigenvalue weighted by atomic mass is 10.1. The van der Waals surface area contributed by atoms with E-state index in [1.54, 1.807) is 13.3 Å². The summed E-state index contributed by atoms with van der Waals surface area (Å²) in [6, 6.07) is 7.68. The minimum absolute atomic E-state index is 0.644. The molecule has 1 aromatic heterocycles. The van der Waals surface area contributed by atoms with Gasteiger partial charge < -0.3 is 9.47 Å². The Bertz CT molecular complexity index is 561. The summed E-state index contributed by atoms with van der Waals surface area (Å²) in [4.78, 5) is 0. The lowest BCUT2D eigenvalue weighted by Crippen LogP contribution is -2.02. The Morgan fingerprint density at radius 1 is 1.05 bits per heavy atom. The maximum absolute atomic E-state index is 5.82. The zero-order valence-corrected chi connectivity index (χ0v) is 12.6. The van der Waals surface area contributed by atoms with E-state index >= 15 is 0 Å². The average Bonchev–Trinajstić information content (AvgIpc) is 2.55. The van der Waals surface area contributed by atoms with E-state index in [0.717, 1.165) is 17.7 Å². The highest BCUT2D eigenvalue weighted by Gasteiger charge is 2.13. The van der Waals surface area contributed by atoms with Crippen molar-refractivity contribution in [2.45, 2.75) is 32.6 Å². The van der Waals surface area contributed by atoms with Gasteiger partial charge in [0.2, 0.25) is 0 Å². The fraction of sp³-hybridized carbons (Fsp3) is 0.438. The zero-order chi connectivity index (χ0) is 14.9. The van der Waals surface area contributed by atoms with Crippen molar-refractivity contribution in [2.75, 3.05) is 13.7 Å². The summed E-state index contributed by atoms with van der Waals surface area (Å²) >= 11 is 0. The molecule has 112 valence electrons. The quantitative estimate of drug-likeness (QED) is 0.695. The fourth-order valence-electron chi connectivity index (χ4n) is 2.10.